The monoisotopic (exact) mass is 484 g/mol. The van der Waals surface area contributed by atoms with Gasteiger partial charge in [0, 0.05) is 36.8 Å². The number of aryl methyl sites for hydroxylation is 1. The maximum absolute atomic E-state index is 13.2. The van der Waals surface area contributed by atoms with E-state index in [0.29, 0.717) is 49.2 Å². The molecule has 0 aliphatic carbocycles. The van der Waals surface area contributed by atoms with Crippen LogP contribution in [0.15, 0.2) is 48.0 Å². The third-order valence-corrected chi connectivity index (χ3v) is 6.50. The fourth-order valence-electron chi connectivity index (χ4n) is 4.48. The second-order valence-corrected chi connectivity index (χ2v) is 8.84. The number of ether oxygens (including phenoxy) is 2. The van der Waals surface area contributed by atoms with E-state index in [1.54, 1.807) is 41.3 Å². The van der Waals surface area contributed by atoms with Crippen molar-refractivity contribution >= 4 is 29.1 Å². The molecule has 0 saturated carbocycles. The number of amides is 1. The smallest absolute Gasteiger partial charge is 0.295 e. The van der Waals surface area contributed by atoms with Crippen molar-refractivity contribution in [1.82, 2.24) is 9.80 Å². The number of likely N-dealkylation sites (tertiary alicyclic amines) is 1. The molecular formula is C26H29ClN2O5. The summed E-state index contributed by atoms with van der Waals surface area (Å²) in [6.45, 7) is 8.08. The summed E-state index contributed by atoms with van der Waals surface area (Å²) in [6.07, 6.45) is 0. The van der Waals surface area contributed by atoms with Crippen molar-refractivity contribution < 1.29 is 24.2 Å². The zero-order valence-corrected chi connectivity index (χ0v) is 20.2. The van der Waals surface area contributed by atoms with E-state index < -0.39 is 17.7 Å². The first kappa shape index (κ1) is 24.3. The molecule has 2 saturated heterocycles. The van der Waals surface area contributed by atoms with Crippen molar-refractivity contribution in [2.24, 2.45) is 0 Å². The Hall–Kier alpha value is -2.87. The van der Waals surface area contributed by atoms with Crippen LogP contribution >= 0.6 is 11.6 Å². The van der Waals surface area contributed by atoms with Crippen LogP contribution in [0.5, 0.6) is 5.75 Å². The van der Waals surface area contributed by atoms with E-state index in [1.807, 2.05) is 19.9 Å². The van der Waals surface area contributed by atoms with Crippen molar-refractivity contribution in [3.05, 3.63) is 69.8 Å². The molecular weight excluding hydrogens is 456 g/mol. The van der Waals surface area contributed by atoms with Gasteiger partial charge in [0.15, 0.2) is 0 Å². The van der Waals surface area contributed by atoms with Crippen LogP contribution in [-0.2, 0) is 14.3 Å². The first-order valence-electron chi connectivity index (χ1n) is 11.5. The van der Waals surface area contributed by atoms with E-state index in [-0.39, 0.29) is 11.3 Å². The lowest BCUT2D eigenvalue weighted by atomic mass is 9.94. The SMILES string of the molecule is CCOc1ccc(C(O)=C2C(=O)C(=O)N(CCN3CCOCC3)[C@@H]2c2ccc(Cl)cc2)c(C)c1. The molecule has 1 amide bonds. The van der Waals surface area contributed by atoms with Crippen LogP contribution in [0.2, 0.25) is 5.02 Å². The Morgan fingerprint density at radius 3 is 2.47 bits per heavy atom. The molecule has 7 nitrogen and oxygen atoms in total. The number of hydrogen-bond donors (Lipinski definition) is 1. The standard InChI is InChI=1S/C26H29ClN2O5/c1-3-34-20-8-9-21(17(2)16-20)24(30)22-23(18-4-6-19(27)7-5-18)29(26(32)25(22)31)11-10-28-12-14-33-15-13-28/h4-9,16,23,30H,3,10-15H2,1-2H3/t23-/m1/s1. The largest absolute Gasteiger partial charge is 0.507 e. The molecule has 2 aromatic rings. The van der Waals surface area contributed by atoms with Gasteiger partial charge in [0.1, 0.15) is 11.5 Å². The molecule has 0 bridgehead atoms. The number of aliphatic hydroxyl groups is 1. The lowest BCUT2D eigenvalue weighted by molar-refractivity contribution is -0.140. The van der Waals surface area contributed by atoms with Crippen molar-refractivity contribution in [3.63, 3.8) is 0 Å². The summed E-state index contributed by atoms with van der Waals surface area (Å²) >= 11 is 6.09. The van der Waals surface area contributed by atoms with Gasteiger partial charge in [-0.1, -0.05) is 23.7 Å². The van der Waals surface area contributed by atoms with E-state index in [1.165, 1.54) is 0 Å². The molecule has 2 aliphatic heterocycles. The summed E-state index contributed by atoms with van der Waals surface area (Å²) < 4.78 is 10.9. The zero-order valence-electron chi connectivity index (χ0n) is 19.4. The maximum atomic E-state index is 13.2. The lowest BCUT2D eigenvalue weighted by Crippen LogP contribution is -2.42. The predicted molar refractivity (Wildman–Crippen MR) is 130 cm³/mol. The Morgan fingerprint density at radius 1 is 1.12 bits per heavy atom. The normalized spacial score (nSPS) is 20.7. The Morgan fingerprint density at radius 2 is 1.82 bits per heavy atom. The van der Waals surface area contributed by atoms with Gasteiger partial charge in [-0.2, -0.15) is 0 Å². The molecule has 0 radical (unpaired) electrons. The van der Waals surface area contributed by atoms with Gasteiger partial charge in [-0.05, 0) is 55.3 Å². The lowest BCUT2D eigenvalue weighted by Gasteiger charge is -2.31. The van der Waals surface area contributed by atoms with Crippen LogP contribution in [0, 0.1) is 6.92 Å². The first-order chi connectivity index (χ1) is 16.4. The number of benzene rings is 2. The molecule has 0 unspecified atom stereocenters. The van der Waals surface area contributed by atoms with Gasteiger partial charge in [0.2, 0.25) is 0 Å². The molecule has 8 heteroatoms. The number of rotatable bonds is 7. The number of nitrogens with zero attached hydrogens (tertiary/aromatic N) is 2. The van der Waals surface area contributed by atoms with E-state index in [0.717, 1.165) is 24.2 Å². The van der Waals surface area contributed by atoms with E-state index in [9.17, 15) is 14.7 Å². The van der Waals surface area contributed by atoms with Gasteiger partial charge in [-0.3, -0.25) is 14.5 Å². The van der Waals surface area contributed by atoms with Gasteiger partial charge >= 0.3 is 0 Å². The molecule has 1 N–H and O–H groups in total. The maximum Gasteiger partial charge on any atom is 0.295 e. The summed E-state index contributed by atoms with van der Waals surface area (Å²) in [4.78, 5) is 30.1. The quantitative estimate of drug-likeness (QED) is 0.366. The summed E-state index contributed by atoms with van der Waals surface area (Å²) in [5.41, 5.74) is 2.05. The Bertz CT molecular complexity index is 1090. The summed E-state index contributed by atoms with van der Waals surface area (Å²) in [6, 6.07) is 11.6. The van der Waals surface area contributed by atoms with Gasteiger partial charge < -0.3 is 19.5 Å². The fourth-order valence-corrected chi connectivity index (χ4v) is 4.61. The number of hydrogen-bond acceptors (Lipinski definition) is 6. The third kappa shape index (κ3) is 4.97. The molecule has 2 fully saturated rings. The summed E-state index contributed by atoms with van der Waals surface area (Å²) in [7, 11) is 0. The Labute approximate surface area is 204 Å². The number of aliphatic hydroxyl groups excluding tert-OH is 1. The second kappa shape index (κ2) is 10.6. The van der Waals surface area contributed by atoms with Crippen LogP contribution in [-0.4, -0.2) is 72.6 Å². The minimum Gasteiger partial charge on any atom is -0.507 e. The van der Waals surface area contributed by atoms with Gasteiger partial charge in [0.05, 0.1) is 31.4 Å². The highest BCUT2D eigenvalue weighted by Crippen LogP contribution is 2.40. The van der Waals surface area contributed by atoms with E-state index in [4.69, 9.17) is 21.1 Å². The van der Waals surface area contributed by atoms with Crippen molar-refractivity contribution in [2.45, 2.75) is 19.9 Å². The topological polar surface area (TPSA) is 79.3 Å². The minimum atomic E-state index is -0.704. The van der Waals surface area contributed by atoms with Gasteiger partial charge in [-0.25, -0.2) is 0 Å². The molecule has 2 aliphatic rings. The van der Waals surface area contributed by atoms with Gasteiger partial charge in [0.25, 0.3) is 11.7 Å². The molecule has 180 valence electrons. The number of ketones is 1. The van der Waals surface area contributed by atoms with Crippen LogP contribution in [0.25, 0.3) is 5.76 Å². The number of carbonyl (C=O) groups is 2. The van der Waals surface area contributed by atoms with Crippen LogP contribution in [0.3, 0.4) is 0 Å². The number of morpholine rings is 1. The second-order valence-electron chi connectivity index (χ2n) is 8.41. The number of Topliss-reactive ketones (excluding diaryl/α,β-unsaturated/α-hetero) is 1. The molecule has 2 aromatic carbocycles. The van der Waals surface area contributed by atoms with Crippen LogP contribution < -0.4 is 4.74 Å². The van der Waals surface area contributed by atoms with Gasteiger partial charge in [-0.15, -0.1) is 0 Å². The minimum absolute atomic E-state index is 0.0848. The molecule has 0 aromatic heterocycles. The molecule has 34 heavy (non-hydrogen) atoms. The highest BCUT2D eigenvalue weighted by atomic mass is 35.5. The zero-order chi connectivity index (χ0) is 24.2. The highest BCUT2D eigenvalue weighted by molar-refractivity contribution is 6.46. The van der Waals surface area contributed by atoms with Crippen molar-refractivity contribution in [3.8, 4) is 5.75 Å². The fraction of sp³-hybridized carbons (Fsp3) is 0.385. The average molecular weight is 485 g/mol. The number of halogens is 1. The Balaban J connectivity index is 1.74. The van der Waals surface area contributed by atoms with Crippen LogP contribution in [0.4, 0.5) is 0 Å². The molecule has 2 heterocycles. The first-order valence-corrected chi connectivity index (χ1v) is 11.9. The van der Waals surface area contributed by atoms with E-state index in [2.05, 4.69) is 4.90 Å². The molecule has 1 atom stereocenters. The summed E-state index contributed by atoms with van der Waals surface area (Å²) in [5, 5.41) is 11.9. The van der Waals surface area contributed by atoms with Crippen LogP contribution in [0.1, 0.15) is 29.7 Å². The highest BCUT2D eigenvalue weighted by Gasteiger charge is 2.46. The molecule has 4 rings (SSSR count). The predicted octanol–water partition coefficient (Wildman–Crippen LogP) is 3.80. The van der Waals surface area contributed by atoms with E-state index >= 15 is 0 Å². The van der Waals surface area contributed by atoms with Crippen molar-refractivity contribution in [1.29, 1.82) is 0 Å². The average Bonchev–Trinajstić information content (AvgIpc) is 3.08. The van der Waals surface area contributed by atoms with Crippen molar-refractivity contribution in [2.75, 3.05) is 46.0 Å². The molecule has 0 spiro atoms. The summed E-state index contributed by atoms with van der Waals surface area (Å²) in [5.74, 6) is -0.810. The number of carbonyl (C=O) groups excluding carboxylic acids is 2. The third-order valence-electron chi connectivity index (χ3n) is 6.25. The Kier molecular flexibility index (Phi) is 7.56.